The van der Waals surface area contributed by atoms with Crippen LogP contribution in [0, 0.1) is 11.6 Å². The number of carboxylic acid groups (broad SMARTS) is 1. The van der Waals surface area contributed by atoms with Gasteiger partial charge in [0.2, 0.25) is 6.43 Å². The number of amides is 1. The van der Waals surface area contributed by atoms with Crippen LogP contribution in [0.3, 0.4) is 0 Å². The number of rotatable bonds is 5. The third-order valence-electron chi connectivity index (χ3n) is 2.14. The first-order chi connectivity index (χ1) is 8.79. The quantitative estimate of drug-likeness (QED) is 0.808. The number of carbonyl (C=O) groups is 2. The molecule has 0 aromatic heterocycles. The number of hydrogen-bond donors (Lipinski definition) is 2. The fourth-order valence-electron chi connectivity index (χ4n) is 1.33. The number of carbonyl (C=O) groups excluding carboxylic acids is 1. The number of halogens is 4. The molecule has 1 unspecified atom stereocenters. The monoisotopic (exact) mass is 279 g/mol. The molecule has 1 rings (SSSR count). The van der Waals surface area contributed by atoms with Crippen LogP contribution in [0.4, 0.5) is 17.6 Å². The highest BCUT2D eigenvalue weighted by Gasteiger charge is 2.24. The van der Waals surface area contributed by atoms with Gasteiger partial charge in [-0.2, -0.15) is 0 Å². The Kier molecular flexibility index (Phi) is 4.85. The first-order valence-corrected chi connectivity index (χ1v) is 5.07. The second-order valence-electron chi connectivity index (χ2n) is 3.65. The Bertz CT molecular complexity index is 473. The number of aliphatic carboxylic acids is 1. The van der Waals surface area contributed by atoms with E-state index in [1.807, 2.05) is 0 Å². The third-order valence-corrected chi connectivity index (χ3v) is 2.14. The van der Waals surface area contributed by atoms with Gasteiger partial charge < -0.3 is 10.4 Å². The highest BCUT2D eigenvalue weighted by molar-refractivity contribution is 5.96. The standard InChI is InChI=1S/C11H9F4NO3/c12-6-1-5(2-7(13)3-6)10(17)16-8(11(18)19)4-9(14)15/h1-3,8-9H,4H2,(H,16,17)(H,18,19). The number of alkyl halides is 2. The normalized spacial score (nSPS) is 12.3. The van der Waals surface area contributed by atoms with E-state index < -0.39 is 48.0 Å². The summed E-state index contributed by atoms with van der Waals surface area (Å²) in [4.78, 5) is 22.1. The average molecular weight is 279 g/mol. The maximum atomic E-state index is 12.8. The molecular weight excluding hydrogens is 270 g/mol. The van der Waals surface area contributed by atoms with E-state index in [2.05, 4.69) is 0 Å². The van der Waals surface area contributed by atoms with E-state index in [0.717, 1.165) is 0 Å². The Hall–Kier alpha value is -2.12. The highest BCUT2D eigenvalue weighted by atomic mass is 19.3. The summed E-state index contributed by atoms with van der Waals surface area (Å²) in [5, 5.41) is 10.4. The average Bonchev–Trinajstić information content (AvgIpc) is 2.25. The minimum Gasteiger partial charge on any atom is -0.480 e. The Labute approximate surface area is 105 Å². The van der Waals surface area contributed by atoms with E-state index in [-0.39, 0.29) is 0 Å². The SMILES string of the molecule is O=C(NC(CC(F)F)C(=O)O)c1cc(F)cc(F)c1. The van der Waals surface area contributed by atoms with Gasteiger partial charge in [-0.15, -0.1) is 0 Å². The van der Waals surface area contributed by atoms with Crippen LogP contribution in [0.25, 0.3) is 0 Å². The van der Waals surface area contributed by atoms with E-state index in [9.17, 15) is 27.2 Å². The van der Waals surface area contributed by atoms with Crippen LogP contribution >= 0.6 is 0 Å². The summed E-state index contributed by atoms with van der Waals surface area (Å²) in [7, 11) is 0. The largest absolute Gasteiger partial charge is 0.480 e. The summed E-state index contributed by atoms with van der Waals surface area (Å²) < 4.78 is 49.9. The van der Waals surface area contributed by atoms with E-state index in [4.69, 9.17) is 5.11 Å². The van der Waals surface area contributed by atoms with E-state index in [1.54, 1.807) is 5.32 Å². The molecule has 104 valence electrons. The van der Waals surface area contributed by atoms with Gasteiger partial charge in [-0.05, 0) is 12.1 Å². The molecule has 0 aliphatic carbocycles. The van der Waals surface area contributed by atoms with Crippen LogP contribution < -0.4 is 5.32 Å². The number of benzene rings is 1. The minimum absolute atomic E-state index is 0.488. The second-order valence-corrected chi connectivity index (χ2v) is 3.65. The number of nitrogens with one attached hydrogen (secondary N) is 1. The minimum atomic E-state index is -2.94. The van der Waals surface area contributed by atoms with Crippen LogP contribution in [0.15, 0.2) is 18.2 Å². The van der Waals surface area contributed by atoms with Gasteiger partial charge in [0, 0.05) is 18.1 Å². The van der Waals surface area contributed by atoms with Crippen molar-refractivity contribution in [2.24, 2.45) is 0 Å². The van der Waals surface area contributed by atoms with Crippen molar-refractivity contribution in [2.75, 3.05) is 0 Å². The molecule has 1 atom stereocenters. The van der Waals surface area contributed by atoms with Crippen LogP contribution in [0.5, 0.6) is 0 Å². The fourth-order valence-corrected chi connectivity index (χ4v) is 1.33. The molecule has 0 aliphatic heterocycles. The topological polar surface area (TPSA) is 66.4 Å². The van der Waals surface area contributed by atoms with Crippen LogP contribution in [-0.2, 0) is 4.79 Å². The molecular formula is C11H9F4NO3. The van der Waals surface area contributed by atoms with Gasteiger partial charge in [0.1, 0.15) is 17.7 Å². The van der Waals surface area contributed by atoms with Crippen molar-refractivity contribution in [1.29, 1.82) is 0 Å². The zero-order valence-corrected chi connectivity index (χ0v) is 9.37. The summed E-state index contributed by atoms with van der Waals surface area (Å²) in [5.41, 5.74) is -0.488. The first-order valence-electron chi connectivity index (χ1n) is 5.07. The van der Waals surface area contributed by atoms with Crippen molar-refractivity contribution < 1.29 is 32.3 Å². The molecule has 0 saturated carbocycles. The Morgan fingerprint density at radius 1 is 1.16 bits per heavy atom. The van der Waals surface area contributed by atoms with E-state index in [1.165, 1.54) is 0 Å². The van der Waals surface area contributed by atoms with Crippen molar-refractivity contribution in [3.63, 3.8) is 0 Å². The van der Waals surface area contributed by atoms with Crippen molar-refractivity contribution >= 4 is 11.9 Å². The predicted octanol–water partition coefficient (Wildman–Crippen LogP) is 1.80. The summed E-state index contributed by atoms with van der Waals surface area (Å²) in [6.07, 6.45) is -4.04. The molecule has 1 aromatic carbocycles. The lowest BCUT2D eigenvalue weighted by Crippen LogP contribution is -2.42. The van der Waals surface area contributed by atoms with Gasteiger partial charge in [0.25, 0.3) is 5.91 Å². The van der Waals surface area contributed by atoms with Crippen molar-refractivity contribution in [2.45, 2.75) is 18.9 Å². The summed E-state index contributed by atoms with van der Waals surface area (Å²) in [6.45, 7) is 0. The molecule has 0 saturated heterocycles. The Balaban J connectivity index is 2.84. The lowest BCUT2D eigenvalue weighted by atomic mass is 10.1. The molecule has 19 heavy (non-hydrogen) atoms. The molecule has 0 heterocycles. The van der Waals surface area contributed by atoms with Gasteiger partial charge in [-0.3, -0.25) is 4.79 Å². The van der Waals surface area contributed by atoms with Crippen LogP contribution in [0.2, 0.25) is 0 Å². The molecule has 1 aromatic rings. The lowest BCUT2D eigenvalue weighted by Gasteiger charge is -2.14. The highest BCUT2D eigenvalue weighted by Crippen LogP contribution is 2.10. The number of carboxylic acids is 1. The predicted molar refractivity (Wildman–Crippen MR) is 55.9 cm³/mol. The van der Waals surface area contributed by atoms with Crippen LogP contribution in [0.1, 0.15) is 16.8 Å². The van der Waals surface area contributed by atoms with Gasteiger partial charge in [-0.25, -0.2) is 22.4 Å². The lowest BCUT2D eigenvalue weighted by molar-refractivity contribution is -0.140. The summed E-state index contributed by atoms with van der Waals surface area (Å²) >= 11 is 0. The molecule has 0 radical (unpaired) electrons. The van der Waals surface area contributed by atoms with E-state index in [0.29, 0.717) is 18.2 Å². The fraction of sp³-hybridized carbons (Fsp3) is 0.273. The maximum absolute atomic E-state index is 12.8. The van der Waals surface area contributed by atoms with Crippen molar-refractivity contribution in [3.05, 3.63) is 35.4 Å². The Morgan fingerprint density at radius 2 is 1.68 bits per heavy atom. The van der Waals surface area contributed by atoms with Crippen LogP contribution in [-0.4, -0.2) is 29.5 Å². The smallest absolute Gasteiger partial charge is 0.326 e. The molecule has 1 amide bonds. The summed E-state index contributed by atoms with van der Waals surface area (Å²) in [6, 6.07) is 0.0168. The van der Waals surface area contributed by atoms with E-state index >= 15 is 0 Å². The van der Waals surface area contributed by atoms with Crippen molar-refractivity contribution in [1.82, 2.24) is 5.32 Å². The van der Waals surface area contributed by atoms with Gasteiger partial charge in [-0.1, -0.05) is 0 Å². The molecule has 0 bridgehead atoms. The summed E-state index contributed by atoms with van der Waals surface area (Å²) in [5.74, 6) is -4.88. The second kappa shape index (κ2) is 6.17. The molecule has 0 fully saturated rings. The molecule has 2 N–H and O–H groups in total. The Morgan fingerprint density at radius 3 is 2.11 bits per heavy atom. The molecule has 4 nitrogen and oxygen atoms in total. The third kappa shape index (κ3) is 4.57. The number of hydrogen-bond acceptors (Lipinski definition) is 2. The van der Waals surface area contributed by atoms with Gasteiger partial charge in [0.05, 0.1) is 0 Å². The zero-order chi connectivity index (χ0) is 14.6. The molecule has 0 spiro atoms. The van der Waals surface area contributed by atoms with Gasteiger partial charge in [0.15, 0.2) is 0 Å². The molecule has 0 aliphatic rings. The van der Waals surface area contributed by atoms with Gasteiger partial charge >= 0.3 is 5.97 Å². The molecule has 8 heteroatoms. The zero-order valence-electron chi connectivity index (χ0n) is 9.37. The first kappa shape index (κ1) is 14.9. The maximum Gasteiger partial charge on any atom is 0.326 e. The van der Waals surface area contributed by atoms with Crippen molar-refractivity contribution in [3.8, 4) is 0 Å².